The van der Waals surface area contributed by atoms with Crippen molar-refractivity contribution >= 4 is 17.0 Å². The maximum atomic E-state index is 5.27. The molecule has 3 heterocycles. The van der Waals surface area contributed by atoms with Gasteiger partial charge in [-0.1, -0.05) is 12.1 Å². The first-order valence-corrected chi connectivity index (χ1v) is 8.48. The highest BCUT2D eigenvalue weighted by molar-refractivity contribution is 5.81. The summed E-state index contributed by atoms with van der Waals surface area (Å²) in [5.74, 6) is 2.21. The standard InChI is InChI=1S/C18H22N6O/c1-24-8-7-13(16(24)12-3-5-14(25-2)6-4-12)9-19-17-15-18(21-10-20-15)23-11-22-17/h3-6,10-11,13,16H,7-9H2,1-2H3,(H2,19,20,21,22,23). The molecule has 1 saturated heterocycles. The van der Waals surface area contributed by atoms with Crippen LogP contribution in [-0.2, 0) is 0 Å². The summed E-state index contributed by atoms with van der Waals surface area (Å²) in [4.78, 5) is 18.2. The predicted molar refractivity (Wildman–Crippen MR) is 96.6 cm³/mol. The minimum atomic E-state index is 0.387. The third-order valence-corrected chi connectivity index (χ3v) is 4.99. The maximum Gasteiger partial charge on any atom is 0.182 e. The number of benzene rings is 1. The van der Waals surface area contributed by atoms with E-state index in [-0.39, 0.29) is 0 Å². The first-order valence-electron chi connectivity index (χ1n) is 8.48. The Hall–Kier alpha value is -2.67. The zero-order chi connectivity index (χ0) is 17.2. The van der Waals surface area contributed by atoms with E-state index in [0.717, 1.165) is 36.6 Å². The van der Waals surface area contributed by atoms with Crippen LogP contribution in [0.3, 0.4) is 0 Å². The Morgan fingerprint density at radius 2 is 2.08 bits per heavy atom. The van der Waals surface area contributed by atoms with Gasteiger partial charge in [-0.2, -0.15) is 0 Å². The zero-order valence-electron chi connectivity index (χ0n) is 14.4. The van der Waals surface area contributed by atoms with E-state index in [1.807, 2.05) is 12.1 Å². The third-order valence-electron chi connectivity index (χ3n) is 4.99. The molecule has 130 valence electrons. The molecule has 7 heteroatoms. The van der Waals surface area contributed by atoms with Gasteiger partial charge in [0.2, 0.25) is 0 Å². The number of methoxy groups -OCH3 is 1. The van der Waals surface area contributed by atoms with Gasteiger partial charge in [0.25, 0.3) is 0 Å². The molecule has 1 aliphatic rings. The van der Waals surface area contributed by atoms with Gasteiger partial charge in [0, 0.05) is 12.6 Å². The molecule has 0 amide bonds. The van der Waals surface area contributed by atoms with Crippen molar-refractivity contribution in [1.29, 1.82) is 0 Å². The highest BCUT2D eigenvalue weighted by Crippen LogP contribution is 2.36. The first-order chi connectivity index (χ1) is 12.3. The van der Waals surface area contributed by atoms with E-state index in [2.05, 4.69) is 49.3 Å². The van der Waals surface area contributed by atoms with E-state index < -0.39 is 0 Å². The van der Waals surface area contributed by atoms with Crippen LogP contribution in [0, 0.1) is 5.92 Å². The summed E-state index contributed by atoms with van der Waals surface area (Å²) in [6, 6.07) is 8.78. The number of aromatic amines is 1. The molecule has 4 rings (SSSR count). The predicted octanol–water partition coefficient (Wildman–Crippen LogP) is 2.47. The molecule has 0 aliphatic carbocycles. The van der Waals surface area contributed by atoms with E-state index in [4.69, 9.17) is 4.74 Å². The van der Waals surface area contributed by atoms with Gasteiger partial charge in [-0.15, -0.1) is 0 Å². The van der Waals surface area contributed by atoms with Crippen molar-refractivity contribution in [1.82, 2.24) is 24.8 Å². The van der Waals surface area contributed by atoms with Crippen LogP contribution < -0.4 is 10.1 Å². The molecule has 0 spiro atoms. The summed E-state index contributed by atoms with van der Waals surface area (Å²) in [7, 11) is 3.88. The summed E-state index contributed by atoms with van der Waals surface area (Å²) in [6.07, 6.45) is 4.35. The minimum Gasteiger partial charge on any atom is -0.497 e. The fourth-order valence-electron chi connectivity index (χ4n) is 3.69. The van der Waals surface area contributed by atoms with Crippen molar-refractivity contribution in [3.05, 3.63) is 42.5 Å². The van der Waals surface area contributed by atoms with E-state index >= 15 is 0 Å². The molecule has 0 saturated carbocycles. The van der Waals surface area contributed by atoms with Crippen LogP contribution in [0.25, 0.3) is 11.2 Å². The fraction of sp³-hybridized carbons (Fsp3) is 0.389. The van der Waals surface area contributed by atoms with Gasteiger partial charge in [-0.05, 0) is 43.6 Å². The lowest BCUT2D eigenvalue weighted by Crippen LogP contribution is -2.25. The second-order valence-corrected chi connectivity index (χ2v) is 6.45. The fourth-order valence-corrected chi connectivity index (χ4v) is 3.69. The highest BCUT2D eigenvalue weighted by atomic mass is 16.5. The number of aromatic nitrogens is 4. The number of anilines is 1. The normalized spacial score (nSPS) is 20.9. The Labute approximate surface area is 146 Å². The molecule has 2 aromatic heterocycles. The van der Waals surface area contributed by atoms with Crippen LogP contribution >= 0.6 is 0 Å². The van der Waals surface area contributed by atoms with Gasteiger partial charge in [-0.25, -0.2) is 15.0 Å². The zero-order valence-corrected chi connectivity index (χ0v) is 14.4. The topological polar surface area (TPSA) is 79.0 Å². The van der Waals surface area contributed by atoms with Crippen LogP contribution in [0.1, 0.15) is 18.0 Å². The van der Waals surface area contributed by atoms with Crippen molar-refractivity contribution in [2.24, 2.45) is 5.92 Å². The molecule has 1 aromatic carbocycles. The number of H-pyrrole nitrogens is 1. The van der Waals surface area contributed by atoms with Crippen LogP contribution in [0.4, 0.5) is 5.82 Å². The summed E-state index contributed by atoms with van der Waals surface area (Å²) in [5, 5.41) is 3.48. The molecule has 1 fully saturated rings. The van der Waals surface area contributed by atoms with Crippen molar-refractivity contribution in [2.75, 3.05) is 32.6 Å². The van der Waals surface area contributed by atoms with Gasteiger partial charge in [0.1, 0.15) is 17.6 Å². The second kappa shape index (κ2) is 6.68. The van der Waals surface area contributed by atoms with E-state index in [0.29, 0.717) is 17.6 Å². The number of nitrogens with one attached hydrogen (secondary N) is 2. The summed E-state index contributed by atoms with van der Waals surface area (Å²) in [6.45, 7) is 1.94. The van der Waals surface area contributed by atoms with Crippen LogP contribution in [0.2, 0.25) is 0 Å². The number of ether oxygens (including phenoxy) is 1. The van der Waals surface area contributed by atoms with Gasteiger partial charge in [0.15, 0.2) is 11.5 Å². The van der Waals surface area contributed by atoms with Crippen molar-refractivity contribution in [3.63, 3.8) is 0 Å². The molecular weight excluding hydrogens is 316 g/mol. The molecule has 25 heavy (non-hydrogen) atoms. The Morgan fingerprint density at radius 3 is 2.88 bits per heavy atom. The number of imidazole rings is 1. The molecule has 7 nitrogen and oxygen atoms in total. The van der Waals surface area contributed by atoms with Crippen LogP contribution in [0.5, 0.6) is 5.75 Å². The van der Waals surface area contributed by atoms with E-state index in [9.17, 15) is 0 Å². The Morgan fingerprint density at radius 1 is 1.24 bits per heavy atom. The number of hydrogen-bond donors (Lipinski definition) is 2. The summed E-state index contributed by atoms with van der Waals surface area (Å²) in [5.41, 5.74) is 2.87. The lowest BCUT2D eigenvalue weighted by Gasteiger charge is -2.26. The average Bonchev–Trinajstić information content (AvgIpc) is 3.27. The number of hydrogen-bond acceptors (Lipinski definition) is 6. The number of likely N-dealkylation sites (tertiary alicyclic amines) is 1. The van der Waals surface area contributed by atoms with E-state index in [1.165, 1.54) is 5.56 Å². The van der Waals surface area contributed by atoms with Crippen molar-refractivity contribution in [2.45, 2.75) is 12.5 Å². The van der Waals surface area contributed by atoms with Crippen LogP contribution in [0.15, 0.2) is 36.9 Å². The minimum absolute atomic E-state index is 0.387. The quantitative estimate of drug-likeness (QED) is 0.744. The largest absolute Gasteiger partial charge is 0.497 e. The average molecular weight is 338 g/mol. The smallest absolute Gasteiger partial charge is 0.182 e. The molecule has 2 N–H and O–H groups in total. The van der Waals surface area contributed by atoms with Gasteiger partial charge in [-0.3, -0.25) is 4.90 Å². The number of nitrogens with zero attached hydrogens (tertiary/aromatic N) is 4. The summed E-state index contributed by atoms with van der Waals surface area (Å²) < 4.78 is 5.27. The van der Waals surface area contributed by atoms with Gasteiger partial charge in [0.05, 0.1) is 13.4 Å². The summed E-state index contributed by atoms with van der Waals surface area (Å²) >= 11 is 0. The van der Waals surface area contributed by atoms with Gasteiger partial charge < -0.3 is 15.0 Å². The lowest BCUT2D eigenvalue weighted by atomic mass is 9.93. The van der Waals surface area contributed by atoms with E-state index in [1.54, 1.807) is 19.8 Å². The molecular formula is C18H22N6O. The van der Waals surface area contributed by atoms with Crippen molar-refractivity contribution in [3.8, 4) is 5.75 Å². The lowest BCUT2D eigenvalue weighted by molar-refractivity contribution is 0.281. The number of rotatable bonds is 5. The molecule has 2 atom stereocenters. The molecule has 1 aliphatic heterocycles. The second-order valence-electron chi connectivity index (χ2n) is 6.45. The first kappa shape index (κ1) is 15.8. The maximum absolute atomic E-state index is 5.27. The van der Waals surface area contributed by atoms with Gasteiger partial charge >= 0.3 is 0 Å². The third kappa shape index (κ3) is 3.02. The Bertz CT molecular complexity index is 846. The molecule has 2 unspecified atom stereocenters. The Balaban J connectivity index is 1.51. The number of fused-ring (bicyclic) bond motifs is 1. The SMILES string of the molecule is COc1ccc(C2C(CNc3ncnc4nc[nH]c34)CCN2C)cc1. The molecule has 0 bridgehead atoms. The monoisotopic (exact) mass is 338 g/mol. The molecule has 3 aromatic rings. The molecule has 0 radical (unpaired) electrons. The van der Waals surface area contributed by atoms with Crippen molar-refractivity contribution < 1.29 is 4.74 Å². The highest BCUT2D eigenvalue weighted by Gasteiger charge is 2.32. The van der Waals surface area contributed by atoms with Crippen LogP contribution in [-0.4, -0.2) is 52.1 Å². The Kier molecular flexibility index (Phi) is 4.23.